The van der Waals surface area contributed by atoms with Crippen molar-refractivity contribution in [2.75, 3.05) is 0 Å². The number of rotatable bonds is 0. The second-order valence-electron chi connectivity index (χ2n) is 7.79. The molecule has 6 rings (SSSR count). The molecule has 2 nitrogen and oxygen atoms in total. The van der Waals surface area contributed by atoms with E-state index in [1.165, 1.54) is 40.0 Å². The van der Waals surface area contributed by atoms with Crippen molar-refractivity contribution in [1.29, 1.82) is 5.26 Å². The quantitative estimate of drug-likeness (QED) is 0.547. The molecular weight excluding hydrogens is 364 g/mol. The summed E-state index contributed by atoms with van der Waals surface area (Å²) in [6.45, 7) is 0. The summed E-state index contributed by atoms with van der Waals surface area (Å²) in [7, 11) is 0. The molecule has 3 aliphatic carbocycles. The highest BCUT2D eigenvalue weighted by atomic mass is 14.6. The minimum atomic E-state index is 0.605. The third-order valence-electron chi connectivity index (χ3n) is 5.95. The zero-order valence-electron chi connectivity index (χ0n) is 16.8. The van der Waals surface area contributed by atoms with E-state index in [4.69, 9.17) is 5.26 Å². The maximum absolute atomic E-state index is 8.61. The van der Waals surface area contributed by atoms with Crippen LogP contribution in [-0.2, 0) is 6.42 Å². The van der Waals surface area contributed by atoms with Crippen LogP contribution in [0.5, 0.6) is 0 Å². The molecule has 0 fully saturated rings. The second-order valence-corrected chi connectivity index (χ2v) is 7.79. The van der Waals surface area contributed by atoms with Crippen molar-refractivity contribution < 1.29 is 0 Å². The first-order valence-corrected chi connectivity index (χ1v) is 10.5. The Morgan fingerprint density at radius 1 is 0.967 bits per heavy atom. The number of benzene rings is 2. The number of aromatic nitrogens is 1. The van der Waals surface area contributed by atoms with Crippen molar-refractivity contribution in [2.45, 2.75) is 25.7 Å². The number of fused-ring (bicyclic) bond motifs is 5. The number of para-hydroxylation sites is 1. The first-order valence-electron chi connectivity index (χ1n) is 10.5. The Morgan fingerprint density at radius 2 is 1.90 bits per heavy atom. The number of hydrogen-bond donors (Lipinski definition) is 0. The van der Waals surface area contributed by atoms with E-state index in [0.29, 0.717) is 5.56 Å². The van der Waals surface area contributed by atoms with Crippen LogP contribution in [0.3, 0.4) is 0 Å². The molecule has 1 heterocycles. The van der Waals surface area contributed by atoms with E-state index in [-0.39, 0.29) is 0 Å². The van der Waals surface area contributed by atoms with Crippen molar-refractivity contribution in [1.82, 2.24) is 4.98 Å². The molecule has 30 heavy (non-hydrogen) atoms. The van der Waals surface area contributed by atoms with Gasteiger partial charge < -0.3 is 0 Å². The highest BCUT2D eigenvalue weighted by Gasteiger charge is 2.16. The van der Waals surface area contributed by atoms with E-state index >= 15 is 0 Å². The third-order valence-corrected chi connectivity index (χ3v) is 5.95. The molecule has 2 aromatic carbocycles. The van der Waals surface area contributed by atoms with Crippen LogP contribution < -0.4 is 10.4 Å². The molecule has 0 unspecified atom stereocenters. The lowest BCUT2D eigenvalue weighted by molar-refractivity contribution is 0.935. The molecule has 0 amide bonds. The summed E-state index contributed by atoms with van der Waals surface area (Å²) >= 11 is 0. The van der Waals surface area contributed by atoms with Gasteiger partial charge in [-0.2, -0.15) is 5.26 Å². The second kappa shape index (κ2) is 7.97. The molecule has 0 bridgehead atoms. The van der Waals surface area contributed by atoms with Crippen LogP contribution in [-0.4, -0.2) is 4.98 Å². The predicted molar refractivity (Wildman–Crippen MR) is 124 cm³/mol. The lowest BCUT2D eigenvalue weighted by Gasteiger charge is -2.21. The predicted octanol–water partition coefficient (Wildman–Crippen LogP) is 4.97. The zero-order valence-corrected chi connectivity index (χ0v) is 16.8. The first kappa shape index (κ1) is 18.3. The Labute approximate surface area is 176 Å². The number of allylic oxidation sites excluding steroid dienone is 6. The molecule has 0 saturated heterocycles. The average molecular weight is 386 g/mol. The van der Waals surface area contributed by atoms with E-state index in [1.807, 2.05) is 30.3 Å². The minimum Gasteiger partial charge on any atom is -0.255 e. The van der Waals surface area contributed by atoms with Crippen LogP contribution in [0.1, 0.15) is 36.0 Å². The molecule has 1 aromatic heterocycles. The van der Waals surface area contributed by atoms with Gasteiger partial charge >= 0.3 is 0 Å². The van der Waals surface area contributed by atoms with Crippen molar-refractivity contribution in [3.63, 3.8) is 0 Å². The van der Waals surface area contributed by atoms with E-state index in [2.05, 4.69) is 59.6 Å². The SMILES string of the molecule is C1=CCc2ccc3c(c2=C1)=CCC1=C3C=CCC1.N#Cc1cnc2ccccc2c1. The van der Waals surface area contributed by atoms with Gasteiger partial charge in [-0.05, 0) is 65.0 Å². The van der Waals surface area contributed by atoms with Gasteiger partial charge in [0.05, 0.1) is 11.1 Å². The molecule has 0 saturated carbocycles. The van der Waals surface area contributed by atoms with Crippen LogP contribution >= 0.6 is 0 Å². The van der Waals surface area contributed by atoms with E-state index in [9.17, 15) is 0 Å². The summed E-state index contributed by atoms with van der Waals surface area (Å²) in [6, 6.07) is 16.3. The molecule has 2 heteroatoms. The average Bonchev–Trinajstić information content (AvgIpc) is 2.83. The molecule has 0 N–H and O–H groups in total. The van der Waals surface area contributed by atoms with E-state index in [1.54, 1.807) is 11.8 Å². The Bertz CT molecular complexity index is 1390. The van der Waals surface area contributed by atoms with Crippen molar-refractivity contribution >= 4 is 28.6 Å². The van der Waals surface area contributed by atoms with Gasteiger partial charge in [-0.1, -0.05) is 72.4 Å². The van der Waals surface area contributed by atoms with Gasteiger partial charge in [0.25, 0.3) is 0 Å². The Balaban J connectivity index is 0.000000140. The fourth-order valence-electron chi connectivity index (χ4n) is 4.43. The molecular formula is C28H22N2. The van der Waals surface area contributed by atoms with Crippen molar-refractivity contribution in [3.05, 3.63) is 106 Å². The fourth-order valence-corrected chi connectivity index (χ4v) is 4.43. The van der Waals surface area contributed by atoms with Crippen LogP contribution in [0.4, 0.5) is 0 Å². The molecule has 144 valence electrons. The maximum atomic E-state index is 8.61. The van der Waals surface area contributed by atoms with Gasteiger partial charge in [0.15, 0.2) is 0 Å². The van der Waals surface area contributed by atoms with Gasteiger partial charge in [-0.25, -0.2) is 0 Å². The molecule has 0 atom stereocenters. The Kier molecular flexibility index (Phi) is 4.87. The van der Waals surface area contributed by atoms with Gasteiger partial charge in [0.1, 0.15) is 6.07 Å². The van der Waals surface area contributed by atoms with Crippen molar-refractivity contribution in [2.24, 2.45) is 0 Å². The molecule has 3 aliphatic rings. The summed E-state index contributed by atoms with van der Waals surface area (Å²) in [5, 5.41) is 12.5. The zero-order chi connectivity index (χ0) is 20.3. The summed E-state index contributed by atoms with van der Waals surface area (Å²) in [5.74, 6) is 0. The Hall–Kier alpha value is -3.70. The van der Waals surface area contributed by atoms with Gasteiger partial charge in [-0.15, -0.1) is 0 Å². The summed E-state index contributed by atoms with van der Waals surface area (Å²) in [6.07, 6.45) is 20.0. The molecule has 0 radical (unpaired) electrons. The smallest absolute Gasteiger partial charge is 0.101 e. The first-order chi connectivity index (χ1) is 14.8. The Morgan fingerprint density at radius 3 is 2.83 bits per heavy atom. The highest BCUT2D eigenvalue weighted by Crippen LogP contribution is 2.30. The largest absolute Gasteiger partial charge is 0.255 e. The molecule has 0 aliphatic heterocycles. The fraction of sp³-hybridized carbons (Fsp3) is 0.143. The van der Waals surface area contributed by atoms with Crippen LogP contribution in [0, 0.1) is 11.3 Å². The summed E-state index contributed by atoms with van der Waals surface area (Å²) in [4.78, 5) is 4.13. The van der Waals surface area contributed by atoms with Gasteiger partial charge in [0, 0.05) is 11.6 Å². The monoisotopic (exact) mass is 386 g/mol. The number of pyridine rings is 1. The highest BCUT2D eigenvalue weighted by molar-refractivity contribution is 5.82. The number of nitrogens with zero attached hydrogens (tertiary/aromatic N) is 2. The van der Waals surface area contributed by atoms with E-state index in [0.717, 1.165) is 23.7 Å². The minimum absolute atomic E-state index is 0.605. The van der Waals surface area contributed by atoms with Crippen LogP contribution in [0.15, 0.2) is 78.5 Å². The van der Waals surface area contributed by atoms with Crippen LogP contribution in [0.2, 0.25) is 0 Å². The van der Waals surface area contributed by atoms with E-state index < -0.39 is 0 Å². The van der Waals surface area contributed by atoms with Crippen molar-refractivity contribution in [3.8, 4) is 6.07 Å². The summed E-state index contributed by atoms with van der Waals surface area (Å²) in [5.41, 5.74) is 7.56. The normalized spacial score (nSPS) is 15.6. The number of nitriles is 1. The maximum Gasteiger partial charge on any atom is 0.101 e. The molecule has 3 aromatic rings. The van der Waals surface area contributed by atoms with Crippen LogP contribution in [0.25, 0.3) is 28.6 Å². The topological polar surface area (TPSA) is 36.7 Å². The molecule has 0 spiro atoms. The van der Waals surface area contributed by atoms with Gasteiger partial charge in [-0.3, -0.25) is 4.98 Å². The lowest BCUT2D eigenvalue weighted by atomic mass is 9.84. The third kappa shape index (κ3) is 3.40. The number of hydrogen-bond acceptors (Lipinski definition) is 2. The summed E-state index contributed by atoms with van der Waals surface area (Å²) < 4.78 is 0. The standard InChI is InChI=1S/C18H16.C10H6N2/c1-3-7-15-13(5-1)9-11-18-16-8-4-2-6-14(16)10-12-17(15)18;11-6-8-5-9-3-1-2-4-10(9)12-7-8/h1,3-4,7-9,11-12H,2,5-6,10H2;1-5,7H. The lowest BCUT2D eigenvalue weighted by Crippen LogP contribution is -2.34. The van der Waals surface area contributed by atoms with Gasteiger partial charge in [0.2, 0.25) is 0 Å².